The van der Waals surface area contributed by atoms with Crippen LogP contribution in [0.25, 0.3) is 0 Å². The summed E-state index contributed by atoms with van der Waals surface area (Å²) in [7, 11) is 0. The van der Waals surface area contributed by atoms with Crippen molar-refractivity contribution in [1.29, 1.82) is 0 Å². The van der Waals surface area contributed by atoms with E-state index in [1.165, 1.54) is 12.1 Å². The van der Waals surface area contributed by atoms with Crippen molar-refractivity contribution >= 4 is 11.6 Å². The predicted octanol–water partition coefficient (Wildman–Crippen LogP) is 2.51. The predicted molar refractivity (Wildman–Crippen MR) is 77.7 cm³/mol. The number of rotatable bonds is 2. The summed E-state index contributed by atoms with van der Waals surface area (Å²) in [5.41, 5.74) is 9.34. The second-order valence-electron chi connectivity index (χ2n) is 5.07. The van der Waals surface area contributed by atoms with E-state index in [0.717, 1.165) is 16.7 Å². The molecule has 3 N–H and O–H groups in total. The number of ether oxygens (including phenoxy) is 1. The fraction of sp³-hybridized carbons (Fsp3) is 0.188. The van der Waals surface area contributed by atoms with Crippen LogP contribution in [0, 0.1) is 12.7 Å². The zero-order valence-corrected chi connectivity index (χ0v) is 11.5. The van der Waals surface area contributed by atoms with Crippen molar-refractivity contribution in [2.24, 2.45) is 5.73 Å². The zero-order chi connectivity index (χ0) is 15.0. The first-order valence-electron chi connectivity index (χ1n) is 6.63. The summed E-state index contributed by atoms with van der Waals surface area (Å²) in [4.78, 5) is 11.4. The number of hydrogen-bond donors (Lipinski definition) is 2. The minimum atomic E-state index is -0.394. The largest absolute Gasteiger partial charge is 0.482 e. The fourth-order valence-electron chi connectivity index (χ4n) is 2.46. The number of hydrogen-bond acceptors (Lipinski definition) is 3. The molecule has 0 aromatic heterocycles. The first kappa shape index (κ1) is 13.6. The summed E-state index contributed by atoms with van der Waals surface area (Å²) in [5, 5.41) is 2.75. The Morgan fingerprint density at radius 2 is 2.10 bits per heavy atom. The number of benzene rings is 2. The van der Waals surface area contributed by atoms with Gasteiger partial charge in [-0.1, -0.05) is 12.1 Å². The average molecular weight is 286 g/mol. The molecule has 0 saturated carbocycles. The summed E-state index contributed by atoms with van der Waals surface area (Å²) in [5.74, 6) is 0.155. The van der Waals surface area contributed by atoms with E-state index in [1.54, 1.807) is 18.2 Å². The summed E-state index contributed by atoms with van der Waals surface area (Å²) in [6.45, 7) is 1.84. The lowest BCUT2D eigenvalue weighted by Crippen LogP contribution is -2.25. The summed E-state index contributed by atoms with van der Waals surface area (Å²) in [6.07, 6.45) is 0. The van der Waals surface area contributed by atoms with Gasteiger partial charge in [0.15, 0.2) is 6.61 Å². The van der Waals surface area contributed by atoms with Gasteiger partial charge in [-0.25, -0.2) is 4.39 Å². The number of halogens is 1. The molecule has 0 fully saturated rings. The Kier molecular flexibility index (Phi) is 3.35. The van der Waals surface area contributed by atoms with Gasteiger partial charge in [0, 0.05) is 0 Å². The molecule has 1 amide bonds. The lowest BCUT2D eigenvalue weighted by atomic mass is 9.95. The Morgan fingerprint density at radius 3 is 2.86 bits per heavy atom. The molecular weight excluding hydrogens is 271 g/mol. The number of carbonyl (C=O) groups is 1. The van der Waals surface area contributed by atoms with Gasteiger partial charge >= 0.3 is 0 Å². The highest BCUT2D eigenvalue weighted by molar-refractivity contribution is 5.95. The van der Waals surface area contributed by atoms with Crippen molar-refractivity contribution in [2.75, 3.05) is 11.9 Å². The highest BCUT2D eigenvalue weighted by atomic mass is 19.1. The highest BCUT2D eigenvalue weighted by Crippen LogP contribution is 2.32. The molecule has 2 aromatic rings. The Morgan fingerprint density at radius 1 is 1.29 bits per heavy atom. The van der Waals surface area contributed by atoms with Gasteiger partial charge in [-0.2, -0.15) is 0 Å². The molecule has 5 heteroatoms. The molecule has 21 heavy (non-hydrogen) atoms. The van der Waals surface area contributed by atoms with E-state index in [0.29, 0.717) is 11.4 Å². The van der Waals surface area contributed by atoms with E-state index in [1.807, 2.05) is 13.0 Å². The molecular formula is C16H15FN2O2. The Balaban J connectivity index is 1.96. The summed E-state index contributed by atoms with van der Waals surface area (Å²) in [6, 6.07) is 9.56. The van der Waals surface area contributed by atoms with Gasteiger partial charge in [0.25, 0.3) is 5.91 Å². The molecule has 108 valence electrons. The van der Waals surface area contributed by atoms with Crippen molar-refractivity contribution in [3.05, 3.63) is 58.9 Å². The van der Waals surface area contributed by atoms with E-state index in [2.05, 4.69) is 5.32 Å². The number of aryl methyl sites for hydroxylation is 1. The maximum Gasteiger partial charge on any atom is 0.262 e. The second-order valence-corrected chi connectivity index (χ2v) is 5.07. The molecule has 1 atom stereocenters. The van der Waals surface area contributed by atoms with Crippen molar-refractivity contribution < 1.29 is 13.9 Å². The molecule has 0 bridgehead atoms. The van der Waals surface area contributed by atoms with Crippen LogP contribution in [0.4, 0.5) is 10.1 Å². The normalized spacial score (nSPS) is 14.9. The van der Waals surface area contributed by atoms with Gasteiger partial charge in [-0.15, -0.1) is 0 Å². The first-order valence-corrected chi connectivity index (χ1v) is 6.63. The molecule has 1 heterocycles. The molecule has 0 radical (unpaired) electrons. The number of nitrogens with one attached hydrogen (secondary N) is 1. The fourth-order valence-corrected chi connectivity index (χ4v) is 2.46. The molecule has 1 aliphatic rings. The van der Waals surface area contributed by atoms with Crippen LogP contribution in [0.1, 0.15) is 22.7 Å². The number of carbonyl (C=O) groups excluding carboxylic acids is 1. The number of anilines is 1. The molecule has 2 aromatic carbocycles. The maximum absolute atomic E-state index is 13.2. The van der Waals surface area contributed by atoms with E-state index in [9.17, 15) is 9.18 Å². The third-order valence-electron chi connectivity index (χ3n) is 3.56. The molecule has 4 nitrogen and oxygen atoms in total. The van der Waals surface area contributed by atoms with Gasteiger partial charge in [0.1, 0.15) is 11.6 Å². The molecule has 0 spiro atoms. The van der Waals surface area contributed by atoms with Crippen molar-refractivity contribution in [2.45, 2.75) is 13.0 Å². The van der Waals surface area contributed by atoms with Gasteiger partial charge in [0.2, 0.25) is 0 Å². The minimum absolute atomic E-state index is 0.0233. The number of amides is 1. The summed E-state index contributed by atoms with van der Waals surface area (Å²) >= 11 is 0. The van der Waals surface area contributed by atoms with Crippen LogP contribution < -0.4 is 15.8 Å². The average Bonchev–Trinajstić information content (AvgIpc) is 2.46. The van der Waals surface area contributed by atoms with Crippen LogP contribution in [0.3, 0.4) is 0 Å². The van der Waals surface area contributed by atoms with E-state index < -0.39 is 6.04 Å². The Hall–Kier alpha value is -2.40. The minimum Gasteiger partial charge on any atom is -0.482 e. The van der Waals surface area contributed by atoms with Gasteiger partial charge in [-0.3, -0.25) is 4.79 Å². The monoisotopic (exact) mass is 286 g/mol. The third-order valence-corrected chi connectivity index (χ3v) is 3.56. The highest BCUT2D eigenvalue weighted by Gasteiger charge is 2.19. The smallest absolute Gasteiger partial charge is 0.262 e. The van der Waals surface area contributed by atoms with Crippen LogP contribution >= 0.6 is 0 Å². The Bertz CT molecular complexity index is 715. The molecule has 0 saturated heterocycles. The van der Waals surface area contributed by atoms with Crippen molar-refractivity contribution in [3.8, 4) is 5.75 Å². The Labute approximate surface area is 121 Å². The van der Waals surface area contributed by atoms with Crippen molar-refractivity contribution in [1.82, 2.24) is 0 Å². The third kappa shape index (κ3) is 2.60. The standard InChI is InChI=1S/C16H15FN2O2/c1-9-6-11(17)3-4-12(9)16(18)10-2-5-14-13(7-10)19-15(20)8-21-14/h2-7,16H,8,18H2,1H3,(H,19,20). The maximum atomic E-state index is 13.2. The molecule has 0 aliphatic carbocycles. The van der Waals surface area contributed by atoms with Crippen molar-refractivity contribution in [3.63, 3.8) is 0 Å². The van der Waals surface area contributed by atoms with Crippen LogP contribution in [0.5, 0.6) is 5.75 Å². The van der Waals surface area contributed by atoms with Gasteiger partial charge < -0.3 is 15.8 Å². The lowest BCUT2D eigenvalue weighted by molar-refractivity contribution is -0.118. The molecule has 3 rings (SSSR count). The zero-order valence-electron chi connectivity index (χ0n) is 11.5. The van der Waals surface area contributed by atoms with Crippen LogP contribution in [0.15, 0.2) is 36.4 Å². The summed E-state index contributed by atoms with van der Waals surface area (Å²) < 4.78 is 18.5. The molecule has 1 aliphatic heterocycles. The van der Waals surface area contributed by atoms with Crippen LogP contribution in [-0.4, -0.2) is 12.5 Å². The SMILES string of the molecule is Cc1cc(F)ccc1C(N)c1ccc2c(c1)NC(=O)CO2. The van der Waals surface area contributed by atoms with E-state index in [-0.39, 0.29) is 18.3 Å². The van der Waals surface area contributed by atoms with Crippen LogP contribution in [-0.2, 0) is 4.79 Å². The first-order chi connectivity index (χ1) is 10.0. The second kappa shape index (κ2) is 5.18. The number of fused-ring (bicyclic) bond motifs is 1. The molecule has 1 unspecified atom stereocenters. The lowest BCUT2D eigenvalue weighted by Gasteiger charge is -2.21. The number of nitrogens with two attached hydrogens (primary N) is 1. The van der Waals surface area contributed by atoms with E-state index in [4.69, 9.17) is 10.5 Å². The van der Waals surface area contributed by atoms with Crippen LogP contribution in [0.2, 0.25) is 0 Å². The van der Waals surface area contributed by atoms with E-state index >= 15 is 0 Å². The quantitative estimate of drug-likeness (QED) is 0.891. The van der Waals surface area contributed by atoms with Gasteiger partial charge in [-0.05, 0) is 47.9 Å². The van der Waals surface area contributed by atoms with Gasteiger partial charge in [0.05, 0.1) is 11.7 Å². The topological polar surface area (TPSA) is 64.3 Å².